The molecule has 0 radical (unpaired) electrons. The van der Waals surface area contributed by atoms with Gasteiger partial charge in [-0.2, -0.15) is 0 Å². The highest BCUT2D eigenvalue weighted by molar-refractivity contribution is 7.92. The molecule has 0 fully saturated rings. The second kappa shape index (κ2) is 6.78. The van der Waals surface area contributed by atoms with Gasteiger partial charge < -0.3 is 14.2 Å². The van der Waals surface area contributed by atoms with Gasteiger partial charge in [-0.15, -0.1) is 0 Å². The van der Waals surface area contributed by atoms with E-state index in [4.69, 9.17) is 14.2 Å². The SMILES string of the molecule is O=S(=O)(CCOc1ccccc1)Nc1ccc2c(c1)OCCO2. The molecule has 0 unspecified atom stereocenters. The molecule has 122 valence electrons. The Morgan fingerprint density at radius 1 is 1.00 bits per heavy atom. The molecule has 0 saturated heterocycles. The van der Waals surface area contributed by atoms with E-state index in [9.17, 15) is 8.42 Å². The molecule has 0 atom stereocenters. The summed E-state index contributed by atoms with van der Waals surface area (Å²) in [5.74, 6) is 1.65. The number of nitrogens with one attached hydrogen (secondary N) is 1. The zero-order chi connectivity index (χ0) is 16.1. The van der Waals surface area contributed by atoms with E-state index in [0.717, 1.165) is 0 Å². The zero-order valence-electron chi connectivity index (χ0n) is 12.4. The molecule has 0 aromatic heterocycles. The first kappa shape index (κ1) is 15.5. The van der Waals surface area contributed by atoms with Gasteiger partial charge in [-0.3, -0.25) is 4.72 Å². The molecule has 1 heterocycles. The Morgan fingerprint density at radius 2 is 1.74 bits per heavy atom. The van der Waals surface area contributed by atoms with Gasteiger partial charge in [0.2, 0.25) is 10.0 Å². The summed E-state index contributed by atoms with van der Waals surface area (Å²) in [7, 11) is -3.50. The Hall–Kier alpha value is -2.41. The van der Waals surface area contributed by atoms with Crippen molar-refractivity contribution in [3.63, 3.8) is 0 Å². The van der Waals surface area contributed by atoms with Gasteiger partial charge in [0.1, 0.15) is 31.3 Å². The van der Waals surface area contributed by atoms with Crippen LogP contribution in [0.25, 0.3) is 0 Å². The first-order valence-corrected chi connectivity index (χ1v) is 8.86. The van der Waals surface area contributed by atoms with Gasteiger partial charge in [0.05, 0.1) is 5.69 Å². The second-order valence-corrected chi connectivity index (χ2v) is 6.78. The zero-order valence-corrected chi connectivity index (χ0v) is 13.2. The molecule has 0 saturated carbocycles. The average Bonchev–Trinajstić information content (AvgIpc) is 2.55. The standard InChI is InChI=1S/C16H17NO5S/c18-23(19,11-10-20-14-4-2-1-3-5-14)17-13-6-7-15-16(12-13)22-9-8-21-15/h1-7,12,17H,8-11H2. The number of para-hydroxylation sites is 1. The van der Waals surface area contributed by atoms with Crippen molar-refractivity contribution in [2.45, 2.75) is 0 Å². The molecule has 0 bridgehead atoms. The summed E-state index contributed by atoms with van der Waals surface area (Å²) >= 11 is 0. The molecule has 2 aromatic rings. The minimum Gasteiger partial charge on any atom is -0.492 e. The molecule has 6 nitrogen and oxygen atoms in total. The number of ether oxygens (including phenoxy) is 3. The van der Waals surface area contributed by atoms with Crippen molar-refractivity contribution in [1.29, 1.82) is 0 Å². The van der Waals surface area contributed by atoms with E-state index in [1.165, 1.54) is 0 Å². The summed E-state index contributed by atoms with van der Waals surface area (Å²) in [6, 6.07) is 14.0. The minimum atomic E-state index is -3.50. The summed E-state index contributed by atoms with van der Waals surface area (Å²) in [6.45, 7) is 1.02. The molecule has 0 amide bonds. The van der Waals surface area contributed by atoms with E-state index in [0.29, 0.717) is 36.1 Å². The van der Waals surface area contributed by atoms with Crippen molar-refractivity contribution in [2.24, 2.45) is 0 Å². The van der Waals surface area contributed by atoms with Crippen LogP contribution in [0.15, 0.2) is 48.5 Å². The van der Waals surface area contributed by atoms with Crippen LogP contribution in [-0.2, 0) is 10.0 Å². The summed E-state index contributed by atoms with van der Waals surface area (Å²) < 4.78 is 42.9. The third kappa shape index (κ3) is 4.29. The van der Waals surface area contributed by atoms with Gasteiger partial charge in [0.25, 0.3) is 0 Å². The number of anilines is 1. The van der Waals surface area contributed by atoms with E-state index in [1.807, 2.05) is 18.2 Å². The van der Waals surface area contributed by atoms with Crippen LogP contribution in [0.5, 0.6) is 17.2 Å². The first-order chi connectivity index (χ1) is 11.1. The largest absolute Gasteiger partial charge is 0.492 e. The molecular weight excluding hydrogens is 318 g/mol. The van der Waals surface area contributed by atoms with Crippen LogP contribution >= 0.6 is 0 Å². The molecular formula is C16H17NO5S. The second-order valence-electron chi connectivity index (χ2n) is 4.94. The van der Waals surface area contributed by atoms with Crippen LogP contribution in [0.4, 0.5) is 5.69 Å². The molecule has 0 aliphatic carbocycles. The normalized spacial score (nSPS) is 13.4. The number of rotatable bonds is 6. The third-order valence-corrected chi connectivity index (χ3v) is 4.43. The summed E-state index contributed by atoms with van der Waals surface area (Å²) in [5.41, 5.74) is 0.439. The van der Waals surface area contributed by atoms with E-state index in [1.54, 1.807) is 30.3 Å². The molecule has 23 heavy (non-hydrogen) atoms. The quantitative estimate of drug-likeness (QED) is 0.877. The Balaban J connectivity index is 1.58. The van der Waals surface area contributed by atoms with E-state index >= 15 is 0 Å². The maximum absolute atomic E-state index is 12.1. The monoisotopic (exact) mass is 335 g/mol. The number of hydrogen-bond donors (Lipinski definition) is 1. The molecule has 7 heteroatoms. The van der Waals surface area contributed by atoms with Crippen LogP contribution in [0.1, 0.15) is 0 Å². The maximum Gasteiger partial charge on any atom is 0.236 e. The van der Waals surface area contributed by atoms with Crippen molar-refractivity contribution >= 4 is 15.7 Å². The van der Waals surface area contributed by atoms with Crippen LogP contribution < -0.4 is 18.9 Å². The number of hydrogen-bond acceptors (Lipinski definition) is 5. The predicted octanol–water partition coefficient (Wildman–Crippen LogP) is 2.28. The Bertz CT molecular complexity index is 761. The van der Waals surface area contributed by atoms with Crippen molar-refractivity contribution in [3.05, 3.63) is 48.5 Å². The molecule has 1 N–H and O–H groups in total. The topological polar surface area (TPSA) is 73.9 Å². The van der Waals surface area contributed by atoms with Crippen LogP contribution in [0.2, 0.25) is 0 Å². The fourth-order valence-corrected chi connectivity index (χ4v) is 3.01. The summed E-state index contributed by atoms with van der Waals surface area (Å²) in [4.78, 5) is 0. The molecule has 0 spiro atoms. The van der Waals surface area contributed by atoms with Gasteiger partial charge in [0, 0.05) is 6.07 Å². The third-order valence-electron chi connectivity index (χ3n) is 3.18. The molecule has 2 aromatic carbocycles. The van der Waals surface area contributed by atoms with Gasteiger partial charge in [-0.05, 0) is 24.3 Å². The predicted molar refractivity (Wildman–Crippen MR) is 86.8 cm³/mol. The Labute approximate surface area is 135 Å². The fraction of sp³-hybridized carbons (Fsp3) is 0.250. The lowest BCUT2D eigenvalue weighted by atomic mass is 10.3. The maximum atomic E-state index is 12.1. The number of fused-ring (bicyclic) bond motifs is 1. The first-order valence-electron chi connectivity index (χ1n) is 7.20. The van der Waals surface area contributed by atoms with Crippen LogP contribution in [-0.4, -0.2) is 34.0 Å². The number of benzene rings is 2. The molecule has 1 aliphatic heterocycles. The smallest absolute Gasteiger partial charge is 0.236 e. The van der Waals surface area contributed by atoms with Crippen molar-refractivity contribution < 1.29 is 22.6 Å². The molecule has 3 rings (SSSR count). The highest BCUT2D eigenvalue weighted by atomic mass is 32.2. The van der Waals surface area contributed by atoms with Crippen molar-refractivity contribution in [3.8, 4) is 17.2 Å². The van der Waals surface area contributed by atoms with Gasteiger partial charge in [-0.25, -0.2) is 8.42 Å². The van der Waals surface area contributed by atoms with Gasteiger partial charge in [-0.1, -0.05) is 18.2 Å². The lowest BCUT2D eigenvalue weighted by Crippen LogP contribution is -2.21. The summed E-state index contributed by atoms with van der Waals surface area (Å²) in [6.07, 6.45) is 0. The van der Waals surface area contributed by atoms with Crippen molar-refractivity contribution in [1.82, 2.24) is 0 Å². The number of sulfonamides is 1. The van der Waals surface area contributed by atoms with Crippen LogP contribution in [0, 0.1) is 0 Å². The Kier molecular flexibility index (Phi) is 4.57. The Morgan fingerprint density at radius 3 is 2.52 bits per heavy atom. The lowest BCUT2D eigenvalue weighted by molar-refractivity contribution is 0.171. The highest BCUT2D eigenvalue weighted by Crippen LogP contribution is 2.32. The van der Waals surface area contributed by atoms with E-state index in [2.05, 4.69) is 4.72 Å². The fourth-order valence-electron chi connectivity index (χ4n) is 2.12. The van der Waals surface area contributed by atoms with E-state index in [-0.39, 0.29) is 12.4 Å². The summed E-state index contributed by atoms with van der Waals surface area (Å²) in [5, 5.41) is 0. The van der Waals surface area contributed by atoms with Crippen LogP contribution in [0.3, 0.4) is 0 Å². The minimum absolute atomic E-state index is 0.0733. The average molecular weight is 335 g/mol. The van der Waals surface area contributed by atoms with Gasteiger partial charge >= 0.3 is 0 Å². The lowest BCUT2D eigenvalue weighted by Gasteiger charge is -2.19. The van der Waals surface area contributed by atoms with Crippen molar-refractivity contribution in [2.75, 3.05) is 30.3 Å². The van der Waals surface area contributed by atoms with Gasteiger partial charge in [0.15, 0.2) is 11.5 Å². The molecule has 1 aliphatic rings. The van der Waals surface area contributed by atoms with E-state index < -0.39 is 10.0 Å². The highest BCUT2D eigenvalue weighted by Gasteiger charge is 2.15.